The fourth-order valence-electron chi connectivity index (χ4n) is 3.54. The van der Waals surface area contributed by atoms with Crippen molar-refractivity contribution in [1.82, 2.24) is 4.90 Å². The van der Waals surface area contributed by atoms with Crippen molar-refractivity contribution in [3.8, 4) is 0 Å². The van der Waals surface area contributed by atoms with Crippen LogP contribution in [0, 0.1) is 0 Å². The van der Waals surface area contributed by atoms with E-state index in [1.165, 1.54) is 11.1 Å². The van der Waals surface area contributed by atoms with Crippen molar-refractivity contribution in [3.63, 3.8) is 0 Å². The molecule has 5 nitrogen and oxygen atoms in total. The van der Waals surface area contributed by atoms with Gasteiger partial charge < -0.3 is 0 Å². The number of nitrogens with one attached hydrogen (secondary N) is 1. The molecule has 2 amide bonds. The predicted octanol–water partition coefficient (Wildman–Crippen LogP) is 3.08. The van der Waals surface area contributed by atoms with Gasteiger partial charge in [0.2, 0.25) is 0 Å². The summed E-state index contributed by atoms with van der Waals surface area (Å²) in [5, 5.41) is 2.97. The summed E-state index contributed by atoms with van der Waals surface area (Å²) in [5.41, 5.74) is 4.33. The predicted molar refractivity (Wildman–Crippen MR) is 124 cm³/mol. The van der Waals surface area contributed by atoms with Crippen LogP contribution in [0.3, 0.4) is 0 Å². The average Bonchev–Trinajstić information content (AvgIpc) is 2.80. The molecule has 0 bridgehead atoms. The number of hydrogen-bond acceptors (Lipinski definition) is 3. The summed E-state index contributed by atoms with van der Waals surface area (Å²) in [7, 11) is 0. The van der Waals surface area contributed by atoms with Gasteiger partial charge in [0.25, 0.3) is 0 Å². The zero-order chi connectivity index (χ0) is 21.5. The molecular weight excluding hydrogens is 451 g/mol. The van der Waals surface area contributed by atoms with E-state index in [4.69, 9.17) is 4.74 Å². The van der Waals surface area contributed by atoms with Gasteiger partial charge in [0.15, 0.2) is 0 Å². The standard InChI is InChI=1S/C25H25AsN2O3/c29-24(18-31-17-19-6-2-1-3-7-19)26-22-10-12-23(13-11-22)27-25(30)28-15-14-20-8-4-5-9-21(20)16-28/h1-13,26H,14-18H2,(H,27,30). The molecule has 1 heterocycles. The Morgan fingerprint density at radius 3 is 2.39 bits per heavy atom. The van der Waals surface area contributed by atoms with Crippen LogP contribution >= 0.6 is 0 Å². The third kappa shape index (κ3) is 6.06. The van der Waals surface area contributed by atoms with Crippen molar-refractivity contribution >= 4 is 36.4 Å². The van der Waals surface area contributed by atoms with Crippen molar-refractivity contribution in [1.29, 1.82) is 0 Å². The molecule has 0 saturated heterocycles. The number of fused-ring (bicyclic) bond motifs is 1. The third-order valence-corrected chi connectivity index (χ3v) is 7.38. The average molecular weight is 476 g/mol. The number of carbonyl (C=O) groups is 2. The molecule has 4 rings (SSSR count). The van der Waals surface area contributed by atoms with E-state index in [0.717, 1.165) is 22.0 Å². The number of hydrogen-bond donors (Lipinski definition) is 1. The number of carbonyl (C=O) groups excluding carboxylic acids is 2. The van der Waals surface area contributed by atoms with Gasteiger partial charge in [-0.25, -0.2) is 0 Å². The molecule has 31 heavy (non-hydrogen) atoms. The first-order chi connectivity index (χ1) is 15.2. The van der Waals surface area contributed by atoms with Crippen LogP contribution < -0.4 is 9.67 Å². The monoisotopic (exact) mass is 476 g/mol. The Hall–Kier alpha value is -2.88. The fraction of sp³-hybridized carbons (Fsp3) is 0.200. The Balaban J connectivity index is 1.23. The third-order valence-electron chi connectivity index (χ3n) is 5.18. The quantitative estimate of drug-likeness (QED) is 0.534. The van der Waals surface area contributed by atoms with E-state index in [1.54, 1.807) is 0 Å². The second-order valence-electron chi connectivity index (χ2n) is 7.47. The van der Waals surface area contributed by atoms with E-state index in [0.29, 0.717) is 19.7 Å². The fourth-order valence-corrected chi connectivity index (χ4v) is 5.28. The molecule has 0 radical (unpaired) electrons. The summed E-state index contributed by atoms with van der Waals surface area (Å²) in [6.07, 6.45) is 0.877. The summed E-state index contributed by atoms with van der Waals surface area (Å²) >= 11 is -0.931. The molecule has 1 unspecified atom stereocenters. The minimum absolute atomic E-state index is 0.0938. The number of amides is 2. The van der Waals surface area contributed by atoms with E-state index in [9.17, 15) is 9.59 Å². The van der Waals surface area contributed by atoms with Crippen LogP contribution in [0.5, 0.6) is 0 Å². The van der Waals surface area contributed by atoms with Gasteiger partial charge >= 0.3 is 189 Å². The van der Waals surface area contributed by atoms with E-state index >= 15 is 0 Å². The van der Waals surface area contributed by atoms with Crippen LogP contribution in [0.4, 0.5) is 10.5 Å². The molecule has 0 saturated carbocycles. The number of urea groups is 1. The van der Waals surface area contributed by atoms with Crippen LogP contribution in [0.2, 0.25) is 0 Å². The summed E-state index contributed by atoms with van der Waals surface area (Å²) in [6.45, 7) is 1.93. The van der Waals surface area contributed by atoms with E-state index in [-0.39, 0.29) is 17.2 Å². The molecule has 1 atom stereocenters. The van der Waals surface area contributed by atoms with Crippen molar-refractivity contribution in [3.05, 3.63) is 95.6 Å². The molecule has 3 aromatic rings. The Morgan fingerprint density at radius 2 is 1.61 bits per heavy atom. The van der Waals surface area contributed by atoms with Crippen LogP contribution in [0.15, 0.2) is 78.9 Å². The normalized spacial score (nSPS) is 13.2. The van der Waals surface area contributed by atoms with E-state index in [1.807, 2.05) is 71.6 Å². The van der Waals surface area contributed by atoms with Gasteiger partial charge in [0.05, 0.1) is 0 Å². The van der Waals surface area contributed by atoms with Gasteiger partial charge in [-0.05, 0) is 0 Å². The van der Waals surface area contributed by atoms with Crippen LogP contribution in [-0.4, -0.2) is 44.4 Å². The molecule has 0 aliphatic carbocycles. The Kier molecular flexibility index (Phi) is 7.18. The van der Waals surface area contributed by atoms with Crippen molar-refractivity contribution in [2.45, 2.75) is 19.6 Å². The molecule has 6 heteroatoms. The summed E-state index contributed by atoms with van der Waals surface area (Å²) in [4.78, 5) is 26.7. The van der Waals surface area contributed by atoms with Gasteiger partial charge in [-0.2, -0.15) is 0 Å². The summed E-state index contributed by atoms with van der Waals surface area (Å²) in [6, 6.07) is 25.6. The van der Waals surface area contributed by atoms with Gasteiger partial charge in [0, 0.05) is 0 Å². The van der Waals surface area contributed by atoms with Crippen LogP contribution in [0.25, 0.3) is 0 Å². The molecule has 1 N–H and O–H groups in total. The first-order valence-electron chi connectivity index (χ1n) is 10.3. The molecule has 0 aromatic heterocycles. The number of benzene rings is 3. The molecule has 158 valence electrons. The van der Waals surface area contributed by atoms with E-state index < -0.39 is 15.8 Å². The maximum atomic E-state index is 12.6. The van der Waals surface area contributed by atoms with Gasteiger partial charge in [-0.1, -0.05) is 0 Å². The number of anilines is 1. The molecule has 3 aromatic carbocycles. The Morgan fingerprint density at radius 1 is 0.903 bits per heavy atom. The van der Waals surface area contributed by atoms with Gasteiger partial charge in [0.1, 0.15) is 0 Å². The first kappa shape index (κ1) is 21.4. The number of rotatable bonds is 7. The second-order valence-corrected chi connectivity index (χ2v) is 10.4. The topological polar surface area (TPSA) is 58.6 Å². The van der Waals surface area contributed by atoms with Crippen LogP contribution in [-0.2, 0) is 29.1 Å². The molecule has 0 fully saturated rings. The minimum atomic E-state index is -0.931. The maximum absolute atomic E-state index is 12.6. The summed E-state index contributed by atoms with van der Waals surface area (Å²) < 4.78 is 6.72. The van der Waals surface area contributed by atoms with Gasteiger partial charge in [-0.3, -0.25) is 0 Å². The SMILES string of the molecule is O=C(COCc1ccccc1)[AsH]c1ccc(NC(=O)N2CCc3ccccc3C2)cc1. The zero-order valence-corrected chi connectivity index (χ0v) is 19.3. The van der Waals surface area contributed by atoms with E-state index in [2.05, 4.69) is 17.4 Å². The molecule has 1 aliphatic heterocycles. The van der Waals surface area contributed by atoms with Crippen molar-refractivity contribution in [2.75, 3.05) is 18.5 Å². The molecule has 0 spiro atoms. The second kappa shape index (κ2) is 10.4. The Bertz CT molecular complexity index is 1040. The summed E-state index contributed by atoms with van der Waals surface area (Å²) in [5.74, 6) is 0. The Labute approximate surface area is 189 Å². The van der Waals surface area contributed by atoms with Crippen LogP contribution in [0.1, 0.15) is 16.7 Å². The van der Waals surface area contributed by atoms with Gasteiger partial charge in [-0.15, -0.1) is 0 Å². The number of ether oxygens (including phenoxy) is 1. The first-order valence-corrected chi connectivity index (χ1v) is 12.4. The zero-order valence-electron chi connectivity index (χ0n) is 17.2. The van der Waals surface area contributed by atoms with Crippen molar-refractivity contribution < 1.29 is 14.3 Å². The number of nitrogens with zero attached hydrogens (tertiary/aromatic N) is 1. The van der Waals surface area contributed by atoms with Crippen molar-refractivity contribution in [2.24, 2.45) is 0 Å². The molecule has 1 aliphatic rings. The molecular formula is C25H25AsN2O3.